The van der Waals surface area contributed by atoms with Crippen LogP contribution in [0.25, 0.3) is 0 Å². The van der Waals surface area contributed by atoms with Gasteiger partial charge in [-0.25, -0.2) is 5.84 Å². The number of amides is 1. The van der Waals surface area contributed by atoms with Crippen molar-refractivity contribution in [3.63, 3.8) is 0 Å². The maximum absolute atomic E-state index is 11.4. The summed E-state index contributed by atoms with van der Waals surface area (Å²) in [6.07, 6.45) is 7.64. The second-order valence-electron chi connectivity index (χ2n) is 4.34. The molecule has 1 fully saturated rings. The molecule has 0 unspecified atom stereocenters. The van der Waals surface area contributed by atoms with Crippen LogP contribution >= 0.6 is 0 Å². The molecule has 0 atom stereocenters. The van der Waals surface area contributed by atoms with E-state index in [1.165, 1.54) is 5.56 Å². The van der Waals surface area contributed by atoms with Crippen LogP contribution in [0.4, 0.5) is 0 Å². The fourth-order valence-corrected chi connectivity index (χ4v) is 2.42. The van der Waals surface area contributed by atoms with Gasteiger partial charge < -0.3 is 0 Å². The number of aromatic nitrogens is 1. The Kier molecular flexibility index (Phi) is 3.51. The van der Waals surface area contributed by atoms with E-state index in [0.717, 1.165) is 25.7 Å². The molecule has 0 radical (unpaired) electrons. The zero-order chi connectivity index (χ0) is 11.4. The number of hydrazine groups is 1. The van der Waals surface area contributed by atoms with Crippen molar-refractivity contribution < 1.29 is 4.79 Å². The minimum Gasteiger partial charge on any atom is -0.294 e. The van der Waals surface area contributed by atoms with E-state index < -0.39 is 0 Å². The molecule has 1 saturated carbocycles. The zero-order valence-electron chi connectivity index (χ0n) is 9.23. The first-order valence-electron chi connectivity index (χ1n) is 5.71. The molecule has 1 amide bonds. The van der Waals surface area contributed by atoms with E-state index in [1.54, 1.807) is 6.20 Å². The average molecular weight is 219 g/mol. The fourth-order valence-electron chi connectivity index (χ4n) is 2.42. The van der Waals surface area contributed by atoms with Crippen molar-refractivity contribution in [1.29, 1.82) is 0 Å². The number of pyridine rings is 1. The van der Waals surface area contributed by atoms with Gasteiger partial charge in [0.2, 0.25) is 5.91 Å². The molecule has 4 heteroatoms. The first-order valence-corrected chi connectivity index (χ1v) is 5.71. The third-order valence-corrected chi connectivity index (χ3v) is 3.40. The first kappa shape index (κ1) is 11.1. The quantitative estimate of drug-likeness (QED) is 0.448. The molecule has 4 nitrogen and oxygen atoms in total. The molecule has 0 aliphatic heterocycles. The summed E-state index contributed by atoms with van der Waals surface area (Å²) in [5.41, 5.74) is 3.52. The van der Waals surface area contributed by atoms with Crippen molar-refractivity contribution in [2.75, 3.05) is 0 Å². The molecule has 3 N–H and O–H groups in total. The van der Waals surface area contributed by atoms with Crippen LogP contribution in [-0.4, -0.2) is 10.9 Å². The standard InChI is InChI=1S/C12H17N3O/c13-15-12(16)10-5-3-9(4-6-10)11-2-1-7-14-8-11/h1-2,7-10H,3-6,13H2,(H,15,16). The predicted molar refractivity (Wildman–Crippen MR) is 61.3 cm³/mol. The van der Waals surface area contributed by atoms with Gasteiger partial charge in [-0.1, -0.05) is 6.07 Å². The maximum Gasteiger partial charge on any atom is 0.236 e. The molecule has 16 heavy (non-hydrogen) atoms. The lowest BCUT2D eigenvalue weighted by Gasteiger charge is -2.27. The van der Waals surface area contributed by atoms with Crippen LogP contribution in [0.2, 0.25) is 0 Å². The van der Waals surface area contributed by atoms with Crippen molar-refractivity contribution in [3.8, 4) is 0 Å². The minimum atomic E-state index is -0.0235. The number of nitrogens with one attached hydrogen (secondary N) is 1. The van der Waals surface area contributed by atoms with Crippen LogP contribution in [0, 0.1) is 5.92 Å². The van der Waals surface area contributed by atoms with Gasteiger partial charge in [0.1, 0.15) is 0 Å². The average Bonchev–Trinajstić information content (AvgIpc) is 2.39. The van der Waals surface area contributed by atoms with Crippen LogP contribution in [-0.2, 0) is 4.79 Å². The second kappa shape index (κ2) is 5.07. The Bertz CT molecular complexity index is 345. The van der Waals surface area contributed by atoms with Gasteiger partial charge in [-0.3, -0.25) is 15.2 Å². The highest BCUT2D eigenvalue weighted by Crippen LogP contribution is 2.35. The molecule has 1 aliphatic carbocycles. The number of hydrogen-bond acceptors (Lipinski definition) is 3. The summed E-state index contributed by atoms with van der Waals surface area (Å²) < 4.78 is 0. The molecule has 2 rings (SSSR count). The summed E-state index contributed by atoms with van der Waals surface area (Å²) in [5.74, 6) is 5.76. The zero-order valence-corrected chi connectivity index (χ0v) is 9.23. The van der Waals surface area contributed by atoms with Crippen molar-refractivity contribution in [1.82, 2.24) is 10.4 Å². The Morgan fingerprint density at radius 1 is 1.38 bits per heavy atom. The van der Waals surface area contributed by atoms with E-state index in [-0.39, 0.29) is 11.8 Å². The minimum absolute atomic E-state index is 0.0235. The third kappa shape index (κ3) is 2.39. The van der Waals surface area contributed by atoms with Gasteiger partial charge in [-0.15, -0.1) is 0 Å². The smallest absolute Gasteiger partial charge is 0.236 e. The largest absolute Gasteiger partial charge is 0.294 e. The molecule has 0 saturated heterocycles. The van der Waals surface area contributed by atoms with Crippen molar-refractivity contribution in [2.45, 2.75) is 31.6 Å². The summed E-state index contributed by atoms with van der Waals surface area (Å²) in [5, 5.41) is 0. The Labute approximate surface area is 95.2 Å². The van der Waals surface area contributed by atoms with Gasteiger partial charge in [0, 0.05) is 18.3 Å². The highest BCUT2D eigenvalue weighted by Gasteiger charge is 2.26. The Morgan fingerprint density at radius 2 is 2.12 bits per heavy atom. The third-order valence-electron chi connectivity index (χ3n) is 3.40. The van der Waals surface area contributed by atoms with Crippen LogP contribution < -0.4 is 11.3 Å². The number of carbonyl (C=O) groups excluding carboxylic acids is 1. The topological polar surface area (TPSA) is 68.0 Å². The Hall–Kier alpha value is -1.42. The van der Waals surface area contributed by atoms with Crippen molar-refractivity contribution in [2.24, 2.45) is 11.8 Å². The van der Waals surface area contributed by atoms with E-state index in [1.807, 2.05) is 12.3 Å². The Balaban J connectivity index is 1.93. The molecule has 0 bridgehead atoms. The van der Waals surface area contributed by atoms with E-state index in [4.69, 9.17) is 5.84 Å². The molecule has 0 spiro atoms. The van der Waals surface area contributed by atoms with Gasteiger partial charge in [0.15, 0.2) is 0 Å². The van der Waals surface area contributed by atoms with Crippen LogP contribution in [0.1, 0.15) is 37.2 Å². The fraction of sp³-hybridized carbons (Fsp3) is 0.500. The van der Waals surface area contributed by atoms with E-state index in [2.05, 4.69) is 16.5 Å². The molecule has 0 aromatic carbocycles. The van der Waals surface area contributed by atoms with Gasteiger partial charge in [0.25, 0.3) is 0 Å². The number of nitrogens with two attached hydrogens (primary N) is 1. The van der Waals surface area contributed by atoms with Crippen LogP contribution in [0.15, 0.2) is 24.5 Å². The summed E-state index contributed by atoms with van der Waals surface area (Å²) in [4.78, 5) is 15.5. The predicted octanol–water partition coefficient (Wildman–Crippen LogP) is 1.35. The van der Waals surface area contributed by atoms with Gasteiger partial charge >= 0.3 is 0 Å². The summed E-state index contributed by atoms with van der Waals surface area (Å²) in [7, 11) is 0. The Morgan fingerprint density at radius 3 is 2.69 bits per heavy atom. The summed E-state index contributed by atoms with van der Waals surface area (Å²) in [6, 6.07) is 4.08. The molecule has 1 aromatic heterocycles. The highest BCUT2D eigenvalue weighted by molar-refractivity contribution is 5.78. The van der Waals surface area contributed by atoms with Gasteiger partial charge in [-0.05, 0) is 43.2 Å². The number of rotatable bonds is 2. The molecule has 1 heterocycles. The van der Waals surface area contributed by atoms with Gasteiger partial charge in [-0.2, -0.15) is 0 Å². The monoisotopic (exact) mass is 219 g/mol. The normalized spacial score (nSPS) is 25.1. The maximum atomic E-state index is 11.4. The van der Waals surface area contributed by atoms with Crippen molar-refractivity contribution in [3.05, 3.63) is 30.1 Å². The molecule has 1 aromatic rings. The van der Waals surface area contributed by atoms with Crippen molar-refractivity contribution >= 4 is 5.91 Å². The van der Waals surface area contributed by atoms with Crippen LogP contribution in [0.3, 0.4) is 0 Å². The number of nitrogens with zero attached hydrogens (tertiary/aromatic N) is 1. The number of hydrogen-bond donors (Lipinski definition) is 2. The highest BCUT2D eigenvalue weighted by atomic mass is 16.2. The van der Waals surface area contributed by atoms with Gasteiger partial charge in [0.05, 0.1) is 0 Å². The van der Waals surface area contributed by atoms with E-state index in [9.17, 15) is 4.79 Å². The lowest BCUT2D eigenvalue weighted by Crippen LogP contribution is -2.37. The van der Waals surface area contributed by atoms with Crippen LogP contribution in [0.5, 0.6) is 0 Å². The molecule has 1 aliphatic rings. The van der Waals surface area contributed by atoms with E-state index >= 15 is 0 Å². The lowest BCUT2D eigenvalue weighted by atomic mass is 9.79. The lowest BCUT2D eigenvalue weighted by molar-refractivity contribution is -0.126. The molecular formula is C12H17N3O. The SMILES string of the molecule is NNC(=O)C1CCC(c2cccnc2)CC1. The molecule has 86 valence electrons. The summed E-state index contributed by atoms with van der Waals surface area (Å²) in [6.45, 7) is 0. The first-order chi connectivity index (χ1) is 7.81. The molecular weight excluding hydrogens is 202 g/mol. The number of carbonyl (C=O) groups is 1. The summed E-state index contributed by atoms with van der Waals surface area (Å²) >= 11 is 0. The second-order valence-corrected chi connectivity index (χ2v) is 4.34. The van der Waals surface area contributed by atoms with E-state index in [0.29, 0.717) is 5.92 Å².